The van der Waals surface area contributed by atoms with E-state index in [1.54, 1.807) is 18.6 Å². The molecule has 0 radical (unpaired) electrons. The summed E-state index contributed by atoms with van der Waals surface area (Å²) in [6.45, 7) is 2.80. The topological polar surface area (TPSA) is 89.0 Å². The number of fused-ring (bicyclic) bond motifs is 1. The second-order valence-electron chi connectivity index (χ2n) is 8.88. The lowest BCUT2D eigenvalue weighted by Gasteiger charge is -2.31. The quantitative estimate of drug-likeness (QED) is 0.342. The Bertz CT molecular complexity index is 1420. The molecule has 1 aliphatic heterocycles. The molecule has 0 spiro atoms. The Hall–Kier alpha value is -4.30. The number of rotatable bonds is 7. The first-order chi connectivity index (χ1) is 17.8. The number of nitrogens with zero attached hydrogens (tertiary/aromatic N) is 5. The van der Waals surface area contributed by atoms with E-state index in [9.17, 15) is 0 Å². The van der Waals surface area contributed by atoms with E-state index in [-0.39, 0.29) is 6.10 Å². The van der Waals surface area contributed by atoms with Crippen molar-refractivity contribution in [3.63, 3.8) is 0 Å². The Morgan fingerprint density at radius 1 is 0.889 bits per heavy atom. The minimum absolute atomic E-state index is 0.218. The number of H-pyrrole nitrogens is 1. The number of hydrogen-bond acceptors (Lipinski definition) is 7. The summed E-state index contributed by atoms with van der Waals surface area (Å²) in [5, 5.41) is 7.94. The average molecular weight is 479 g/mol. The number of piperidine rings is 1. The maximum atomic E-state index is 6.01. The highest BCUT2D eigenvalue weighted by molar-refractivity contribution is 5.80. The molecule has 1 aliphatic rings. The van der Waals surface area contributed by atoms with Gasteiger partial charge in [-0.15, -0.1) is 0 Å². The summed E-state index contributed by atoms with van der Waals surface area (Å²) < 4.78 is 12.0. The van der Waals surface area contributed by atoms with E-state index >= 15 is 0 Å². The molecule has 0 atom stereocenters. The van der Waals surface area contributed by atoms with Crippen LogP contribution in [0.5, 0.6) is 17.5 Å². The van der Waals surface area contributed by atoms with Crippen molar-refractivity contribution in [3.8, 4) is 28.8 Å². The van der Waals surface area contributed by atoms with Gasteiger partial charge in [-0.1, -0.05) is 12.1 Å². The van der Waals surface area contributed by atoms with Crippen LogP contribution in [0.4, 0.5) is 0 Å². The maximum absolute atomic E-state index is 6.01. The predicted molar refractivity (Wildman–Crippen MR) is 137 cm³/mol. The van der Waals surface area contributed by atoms with Crippen molar-refractivity contribution < 1.29 is 9.47 Å². The summed E-state index contributed by atoms with van der Waals surface area (Å²) in [7, 11) is 0. The Morgan fingerprint density at radius 2 is 1.83 bits per heavy atom. The summed E-state index contributed by atoms with van der Waals surface area (Å²) in [4.78, 5) is 16.0. The third kappa shape index (κ3) is 5.18. The number of likely N-dealkylation sites (tertiary alicyclic amines) is 1. The van der Waals surface area contributed by atoms with Crippen LogP contribution in [-0.2, 0) is 6.54 Å². The fourth-order valence-electron chi connectivity index (χ4n) is 4.44. The first-order valence-corrected chi connectivity index (χ1v) is 12.1. The maximum Gasteiger partial charge on any atom is 0.219 e. The molecule has 1 fully saturated rings. The van der Waals surface area contributed by atoms with E-state index in [2.05, 4.69) is 37.2 Å². The van der Waals surface area contributed by atoms with Gasteiger partial charge in [0.1, 0.15) is 11.9 Å². The van der Waals surface area contributed by atoms with Gasteiger partial charge in [-0.3, -0.25) is 15.0 Å². The fourth-order valence-corrected chi connectivity index (χ4v) is 4.44. The van der Waals surface area contributed by atoms with Gasteiger partial charge in [-0.25, -0.2) is 9.97 Å². The van der Waals surface area contributed by atoms with Gasteiger partial charge in [0.2, 0.25) is 11.8 Å². The minimum Gasteiger partial charge on any atom is -0.474 e. The molecule has 180 valence electrons. The van der Waals surface area contributed by atoms with Crippen LogP contribution >= 0.6 is 0 Å². The van der Waals surface area contributed by atoms with Gasteiger partial charge < -0.3 is 9.47 Å². The largest absolute Gasteiger partial charge is 0.474 e. The molecule has 1 aromatic carbocycles. The zero-order chi connectivity index (χ0) is 24.2. The average Bonchev–Trinajstić information content (AvgIpc) is 3.46. The number of benzene rings is 1. The summed E-state index contributed by atoms with van der Waals surface area (Å²) in [5.41, 5.74) is 3.90. The van der Waals surface area contributed by atoms with Gasteiger partial charge in [-0.05, 0) is 55.3 Å². The van der Waals surface area contributed by atoms with Crippen LogP contribution in [0.3, 0.4) is 0 Å². The van der Waals surface area contributed by atoms with Crippen LogP contribution in [0, 0.1) is 0 Å². The van der Waals surface area contributed by atoms with Crippen molar-refractivity contribution >= 4 is 10.9 Å². The van der Waals surface area contributed by atoms with E-state index in [1.165, 1.54) is 0 Å². The molecule has 1 saturated heterocycles. The van der Waals surface area contributed by atoms with Crippen LogP contribution in [0.1, 0.15) is 18.5 Å². The Kier molecular flexibility index (Phi) is 6.24. The van der Waals surface area contributed by atoms with E-state index in [1.807, 2.05) is 54.6 Å². The van der Waals surface area contributed by atoms with Crippen LogP contribution < -0.4 is 9.47 Å². The van der Waals surface area contributed by atoms with Gasteiger partial charge >= 0.3 is 0 Å². The van der Waals surface area contributed by atoms with Crippen molar-refractivity contribution in [2.45, 2.75) is 25.5 Å². The summed E-state index contributed by atoms with van der Waals surface area (Å²) in [5.74, 6) is 1.98. The number of nitrogens with one attached hydrogen (secondary N) is 1. The highest BCUT2D eigenvalue weighted by atomic mass is 16.5. The zero-order valence-corrected chi connectivity index (χ0v) is 19.7. The molecule has 5 aromatic rings. The van der Waals surface area contributed by atoms with Crippen molar-refractivity contribution in [3.05, 3.63) is 91.0 Å². The molecule has 0 unspecified atom stereocenters. The van der Waals surface area contributed by atoms with Crippen LogP contribution in [0.25, 0.3) is 22.2 Å². The Morgan fingerprint density at radius 3 is 2.61 bits per heavy atom. The summed E-state index contributed by atoms with van der Waals surface area (Å²) in [6.07, 6.45) is 7.45. The van der Waals surface area contributed by atoms with Crippen LogP contribution in [0.15, 0.2) is 85.3 Å². The molecule has 1 N–H and O–H groups in total. The van der Waals surface area contributed by atoms with Gasteiger partial charge in [0.15, 0.2) is 0 Å². The second kappa shape index (κ2) is 10.1. The zero-order valence-electron chi connectivity index (χ0n) is 19.7. The van der Waals surface area contributed by atoms with Crippen molar-refractivity contribution in [2.24, 2.45) is 0 Å². The van der Waals surface area contributed by atoms with Gasteiger partial charge in [0, 0.05) is 61.3 Å². The van der Waals surface area contributed by atoms with Crippen molar-refractivity contribution in [1.29, 1.82) is 0 Å². The second-order valence-corrected chi connectivity index (χ2v) is 8.88. The highest BCUT2D eigenvalue weighted by Crippen LogP contribution is 2.26. The monoisotopic (exact) mass is 478 g/mol. The number of pyridine rings is 3. The van der Waals surface area contributed by atoms with E-state index in [0.29, 0.717) is 11.8 Å². The Balaban J connectivity index is 1.06. The molecule has 5 heterocycles. The fraction of sp³-hybridized carbons (Fsp3) is 0.214. The molecular formula is C28H26N6O2. The minimum atomic E-state index is 0.218. The highest BCUT2D eigenvalue weighted by Gasteiger charge is 2.21. The third-order valence-electron chi connectivity index (χ3n) is 6.33. The van der Waals surface area contributed by atoms with E-state index in [4.69, 9.17) is 14.5 Å². The van der Waals surface area contributed by atoms with E-state index < -0.39 is 0 Å². The van der Waals surface area contributed by atoms with Crippen molar-refractivity contribution in [2.75, 3.05) is 13.1 Å². The third-order valence-corrected chi connectivity index (χ3v) is 6.33. The molecular weight excluding hydrogens is 452 g/mol. The van der Waals surface area contributed by atoms with Gasteiger partial charge in [-0.2, -0.15) is 5.10 Å². The molecule has 8 nitrogen and oxygen atoms in total. The lowest BCUT2D eigenvalue weighted by Crippen LogP contribution is -2.38. The number of aromatic nitrogens is 5. The molecule has 0 aliphatic carbocycles. The Labute approximate surface area is 209 Å². The van der Waals surface area contributed by atoms with Crippen LogP contribution in [0.2, 0.25) is 0 Å². The summed E-state index contributed by atoms with van der Waals surface area (Å²) in [6, 6.07) is 21.6. The van der Waals surface area contributed by atoms with Crippen molar-refractivity contribution in [1.82, 2.24) is 30.0 Å². The van der Waals surface area contributed by atoms with Gasteiger partial charge in [0.05, 0.1) is 16.9 Å². The molecule has 6 rings (SSSR count). The lowest BCUT2D eigenvalue weighted by atomic mass is 10.1. The van der Waals surface area contributed by atoms with Gasteiger partial charge in [0.25, 0.3) is 0 Å². The number of aromatic amines is 1. The first kappa shape index (κ1) is 22.2. The SMILES string of the molecule is c1ccc(OC2CCN(Cc3ccc4cc(Oc5ccc(-c6ccn[nH]6)cn5)ccc4n3)CC2)nc1. The predicted octanol–water partition coefficient (Wildman–Crippen LogP) is 5.25. The number of hydrogen-bond donors (Lipinski definition) is 1. The molecule has 0 bridgehead atoms. The first-order valence-electron chi connectivity index (χ1n) is 12.1. The normalized spacial score (nSPS) is 14.7. The van der Waals surface area contributed by atoms with Crippen LogP contribution in [-0.4, -0.2) is 49.2 Å². The summed E-state index contributed by atoms with van der Waals surface area (Å²) >= 11 is 0. The molecule has 36 heavy (non-hydrogen) atoms. The smallest absolute Gasteiger partial charge is 0.219 e. The standard InChI is InChI=1S/C28H26N6O2/c1-2-13-29-27(3-1)35-23-11-15-34(16-12-23)19-22-6-4-20-17-24(7-8-25(20)32-22)36-28-9-5-21(18-30-28)26-10-14-31-33-26/h1-10,13-14,17-18,23H,11-12,15-16,19H2,(H,31,33). The van der Waals surface area contributed by atoms with E-state index in [0.717, 1.165) is 66.1 Å². The lowest BCUT2D eigenvalue weighted by molar-refractivity contribution is 0.0926. The molecule has 0 amide bonds. The molecule has 0 saturated carbocycles. The molecule has 8 heteroatoms. The number of ether oxygens (including phenoxy) is 2. The molecule has 4 aromatic heterocycles.